The van der Waals surface area contributed by atoms with Crippen molar-refractivity contribution in [2.45, 2.75) is 64.8 Å². The summed E-state index contributed by atoms with van der Waals surface area (Å²) in [5, 5.41) is 3.64. The highest BCUT2D eigenvalue weighted by atomic mass is 16.3. The van der Waals surface area contributed by atoms with Gasteiger partial charge >= 0.3 is 0 Å². The predicted molar refractivity (Wildman–Crippen MR) is 75.7 cm³/mol. The lowest BCUT2D eigenvalue weighted by atomic mass is 9.85. The molecule has 2 nitrogen and oxygen atoms in total. The van der Waals surface area contributed by atoms with Crippen LogP contribution < -0.4 is 5.32 Å². The molecule has 1 aromatic heterocycles. The largest absolute Gasteiger partial charge is 0.465 e. The molecule has 0 bridgehead atoms. The maximum Gasteiger partial charge on any atom is 0.121 e. The minimum Gasteiger partial charge on any atom is -0.465 e. The fraction of sp³-hybridized carbons (Fsp3) is 0.750. The Morgan fingerprint density at radius 2 is 1.83 bits per heavy atom. The summed E-state index contributed by atoms with van der Waals surface area (Å²) in [4.78, 5) is 0. The van der Waals surface area contributed by atoms with Crippen LogP contribution in [0.2, 0.25) is 0 Å². The fourth-order valence-electron chi connectivity index (χ4n) is 3.16. The van der Waals surface area contributed by atoms with Gasteiger partial charge in [-0.25, -0.2) is 0 Å². The topological polar surface area (TPSA) is 25.2 Å². The first kappa shape index (κ1) is 13.7. The van der Waals surface area contributed by atoms with Gasteiger partial charge in [-0.3, -0.25) is 0 Å². The summed E-state index contributed by atoms with van der Waals surface area (Å²) in [5.41, 5.74) is 0. The molecule has 2 heteroatoms. The van der Waals surface area contributed by atoms with Crippen molar-refractivity contribution in [2.24, 2.45) is 5.92 Å². The van der Waals surface area contributed by atoms with Gasteiger partial charge in [-0.15, -0.1) is 0 Å². The van der Waals surface area contributed by atoms with Gasteiger partial charge in [-0.05, 0) is 44.4 Å². The number of aryl methyl sites for hydroxylation is 1. The molecule has 1 unspecified atom stereocenters. The Kier molecular flexibility index (Phi) is 5.30. The summed E-state index contributed by atoms with van der Waals surface area (Å²) >= 11 is 0. The first-order valence-corrected chi connectivity index (χ1v) is 7.61. The average Bonchev–Trinajstić information content (AvgIpc) is 2.73. The van der Waals surface area contributed by atoms with Crippen LogP contribution >= 0.6 is 0 Å². The molecule has 0 aliphatic heterocycles. The molecule has 18 heavy (non-hydrogen) atoms. The van der Waals surface area contributed by atoms with Gasteiger partial charge in [0.2, 0.25) is 0 Å². The molecule has 1 atom stereocenters. The van der Waals surface area contributed by atoms with Gasteiger partial charge in [0.05, 0.1) is 6.04 Å². The summed E-state index contributed by atoms with van der Waals surface area (Å²) < 4.78 is 5.86. The van der Waals surface area contributed by atoms with Crippen molar-refractivity contribution in [1.29, 1.82) is 0 Å². The van der Waals surface area contributed by atoms with Crippen molar-refractivity contribution in [3.05, 3.63) is 23.7 Å². The summed E-state index contributed by atoms with van der Waals surface area (Å²) in [6.07, 6.45) is 9.70. The van der Waals surface area contributed by atoms with Crippen LogP contribution in [-0.4, -0.2) is 6.54 Å². The first-order chi connectivity index (χ1) is 8.81. The predicted octanol–water partition coefficient (Wildman–Crippen LogP) is 4.60. The number of hydrogen-bond acceptors (Lipinski definition) is 2. The van der Waals surface area contributed by atoms with Crippen molar-refractivity contribution in [3.8, 4) is 0 Å². The smallest absolute Gasteiger partial charge is 0.121 e. The second-order valence-corrected chi connectivity index (χ2v) is 5.59. The standard InChI is InChI=1S/C16H27NO/c1-3-17-16(15-12-11-13(2)18-15)14-9-7-5-4-6-8-10-14/h11-12,14,16-17H,3-10H2,1-2H3. The van der Waals surface area contributed by atoms with Crippen LogP contribution in [0.25, 0.3) is 0 Å². The van der Waals surface area contributed by atoms with E-state index in [1.54, 1.807) is 0 Å². The molecule has 1 heterocycles. The van der Waals surface area contributed by atoms with Gasteiger partial charge in [-0.1, -0.05) is 39.0 Å². The molecular formula is C16H27NO. The van der Waals surface area contributed by atoms with E-state index >= 15 is 0 Å². The summed E-state index contributed by atoms with van der Waals surface area (Å²) in [6, 6.07) is 4.66. The van der Waals surface area contributed by atoms with Crippen molar-refractivity contribution in [3.63, 3.8) is 0 Å². The molecule has 2 rings (SSSR count). The third kappa shape index (κ3) is 3.61. The lowest BCUT2D eigenvalue weighted by molar-refractivity contribution is 0.258. The zero-order valence-electron chi connectivity index (χ0n) is 11.9. The lowest BCUT2D eigenvalue weighted by Crippen LogP contribution is -2.28. The molecule has 0 radical (unpaired) electrons. The van der Waals surface area contributed by atoms with E-state index in [1.165, 1.54) is 44.9 Å². The number of nitrogens with one attached hydrogen (secondary N) is 1. The summed E-state index contributed by atoms with van der Waals surface area (Å²) in [6.45, 7) is 5.23. The molecule has 1 aliphatic rings. The maximum atomic E-state index is 5.86. The molecule has 1 aromatic rings. The molecule has 1 fully saturated rings. The van der Waals surface area contributed by atoms with Gasteiger partial charge in [0, 0.05) is 0 Å². The lowest BCUT2D eigenvalue weighted by Gasteiger charge is -2.28. The second-order valence-electron chi connectivity index (χ2n) is 5.59. The van der Waals surface area contributed by atoms with Crippen LogP contribution in [0.1, 0.15) is 69.4 Å². The maximum absolute atomic E-state index is 5.86. The van der Waals surface area contributed by atoms with Crippen LogP contribution in [0.5, 0.6) is 0 Å². The molecule has 1 aliphatic carbocycles. The molecule has 0 saturated heterocycles. The van der Waals surface area contributed by atoms with Gasteiger partial charge in [-0.2, -0.15) is 0 Å². The third-order valence-electron chi connectivity index (χ3n) is 4.11. The second kappa shape index (κ2) is 6.98. The average molecular weight is 249 g/mol. The summed E-state index contributed by atoms with van der Waals surface area (Å²) in [7, 11) is 0. The SMILES string of the molecule is CCNC(c1ccc(C)o1)C1CCCCCCC1. The minimum atomic E-state index is 0.418. The highest BCUT2D eigenvalue weighted by molar-refractivity contribution is 5.11. The minimum absolute atomic E-state index is 0.418. The van der Waals surface area contributed by atoms with Crippen molar-refractivity contribution in [2.75, 3.05) is 6.54 Å². The van der Waals surface area contributed by atoms with Gasteiger partial charge < -0.3 is 9.73 Å². The van der Waals surface area contributed by atoms with Crippen LogP contribution in [0, 0.1) is 12.8 Å². The number of rotatable bonds is 4. The van der Waals surface area contributed by atoms with E-state index in [9.17, 15) is 0 Å². The normalized spacial score (nSPS) is 20.3. The zero-order chi connectivity index (χ0) is 12.8. The monoisotopic (exact) mass is 249 g/mol. The van der Waals surface area contributed by atoms with Gasteiger partial charge in [0.1, 0.15) is 11.5 Å². The highest BCUT2D eigenvalue weighted by Gasteiger charge is 2.25. The Morgan fingerprint density at radius 3 is 2.39 bits per heavy atom. The van der Waals surface area contributed by atoms with Crippen molar-refractivity contribution in [1.82, 2.24) is 5.32 Å². The molecule has 102 valence electrons. The molecule has 0 amide bonds. The van der Waals surface area contributed by atoms with E-state index in [-0.39, 0.29) is 0 Å². The van der Waals surface area contributed by atoms with Crippen molar-refractivity contribution < 1.29 is 4.42 Å². The van der Waals surface area contributed by atoms with E-state index in [0.29, 0.717) is 6.04 Å². The summed E-state index contributed by atoms with van der Waals surface area (Å²) in [5.74, 6) is 2.91. The fourth-order valence-corrected chi connectivity index (χ4v) is 3.16. The molecular weight excluding hydrogens is 222 g/mol. The van der Waals surface area contributed by atoms with Crippen molar-refractivity contribution >= 4 is 0 Å². The highest BCUT2D eigenvalue weighted by Crippen LogP contribution is 2.33. The molecule has 0 spiro atoms. The van der Waals surface area contributed by atoms with E-state index in [1.807, 2.05) is 6.92 Å². The first-order valence-electron chi connectivity index (χ1n) is 7.61. The van der Waals surface area contributed by atoms with Crippen LogP contribution in [0.3, 0.4) is 0 Å². The van der Waals surface area contributed by atoms with Gasteiger partial charge in [0.15, 0.2) is 0 Å². The quantitative estimate of drug-likeness (QED) is 0.843. The van der Waals surface area contributed by atoms with E-state index in [4.69, 9.17) is 4.42 Å². The van der Waals surface area contributed by atoms with Gasteiger partial charge in [0.25, 0.3) is 0 Å². The third-order valence-corrected chi connectivity index (χ3v) is 4.11. The number of furan rings is 1. The Bertz CT molecular complexity index is 337. The Hall–Kier alpha value is -0.760. The Morgan fingerprint density at radius 1 is 1.17 bits per heavy atom. The number of hydrogen-bond donors (Lipinski definition) is 1. The van der Waals surface area contributed by atoms with E-state index in [2.05, 4.69) is 24.4 Å². The van der Waals surface area contributed by atoms with Crippen LogP contribution in [0.4, 0.5) is 0 Å². The Balaban J connectivity index is 2.07. The Labute approximate surface area is 111 Å². The molecule has 1 N–H and O–H groups in total. The molecule has 1 saturated carbocycles. The van der Waals surface area contributed by atoms with E-state index < -0.39 is 0 Å². The zero-order valence-corrected chi connectivity index (χ0v) is 11.9. The van der Waals surface area contributed by atoms with Crippen LogP contribution in [-0.2, 0) is 0 Å². The van der Waals surface area contributed by atoms with Crippen LogP contribution in [0.15, 0.2) is 16.5 Å². The molecule has 0 aromatic carbocycles. The van der Waals surface area contributed by atoms with E-state index in [0.717, 1.165) is 24.0 Å².